The van der Waals surface area contributed by atoms with Crippen LogP contribution >= 0.6 is 0 Å². The van der Waals surface area contributed by atoms with Crippen LogP contribution in [-0.4, -0.2) is 42.4 Å². The molecule has 8 nitrogen and oxygen atoms in total. The normalized spacial score (nSPS) is 19.5. The van der Waals surface area contributed by atoms with Gasteiger partial charge in [0.05, 0.1) is 40.9 Å². The summed E-state index contributed by atoms with van der Waals surface area (Å²) in [4.78, 5) is 4.83. The summed E-state index contributed by atoms with van der Waals surface area (Å²) in [5.74, 6) is 0.0822. The van der Waals surface area contributed by atoms with Gasteiger partial charge in [-0.1, -0.05) is 6.58 Å². The highest BCUT2D eigenvalue weighted by Gasteiger charge is 2.27. The molecule has 1 N–H and O–H groups in total. The number of fused-ring (bicyclic) bond motifs is 1. The van der Waals surface area contributed by atoms with Gasteiger partial charge in [0.15, 0.2) is 6.23 Å². The van der Waals surface area contributed by atoms with Gasteiger partial charge in [-0.25, -0.2) is 9.36 Å². The molecule has 2 aliphatic rings. The average Bonchev–Trinajstić information content (AvgIpc) is 3.44. The van der Waals surface area contributed by atoms with Crippen LogP contribution in [0.1, 0.15) is 55.4 Å². The monoisotopic (exact) mass is 409 g/mol. The van der Waals surface area contributed by atoms with Crippen molar-refractivity contribution in [2.75, 3.05) is 6.61 Å². The predicted octanol–water partition coefficient (Wildman–Crippen LogP) is 3.87. The van der Waals surface area contributed by atoms with Crippen molar-refractivity contribution in [2.45, 2.75) is 58.0 Å². The van der Waals surface area contributed by atoms with E-state index >= 15 is 0 Å². The standard InChI is InChI=1S/C22H27N5O3/c1-4-16-15-11-17(20-18(12-30-14-8-9-14)24-26(3)22(20)28)23-13(2)21(15)27(25-16)19-7-5-6-10-29-19/h4,11,14,19,28H,1,5-10,12H2,2-3H3. The van der Waals surface area contributed by atoms with E-state index in [-0.39, 0.29) is 12.1 Å². The van der Waals surface area contributed by atoms with Crippen LogP contribution in [0.2, 0.25) is 0 Å². The van der Waals surface area contributed by atoms with Gasteiger partial charge in [0.2, 0.25) is 5.88 Å². The Morgan fingerprint density at radius 2 is 2.13 bits per heavy atom. The van der Waals surface area contributed by atoms with Crippen molar-refractivity contribution < 1.29 is 14.6 Å². The third-order valence-corrected chi connectivity index (χ3v) is 5.84. The SMILES string of the molecule is C=Cc1nn(C2CCCCO2)c2c(C)nc(-c3c(COC4CC4)nn(C)c3O)cc12. The lowest BCUT2D eigenvalue weighted by Crippen LogP contribution is -2.19. The number of hydrogen-bond acceptors (Lipinski definition) is 6. The Bertz CT molecular complexity index is 1110. The molecule has 0 radical (unpaired) electrons. The lowest BCUT2D eigenvalue weighted by Gasteiger charge is -2.23. The van der Waals surface area contributed by atoms with Crippen molar-refractivity contribution in [3.8, 4) is 17.1 Å². The van der Waals surface area contributed by atoms with Gasteiger partial charge in [0.1, 0.15) is 5.69 Å². The Morgan fingerprint density at radius 3 is 2.83 bits per heavy atom. The second-order valence-corrected chi connectivity index (χ2v) is 8.12. The number of pyridine rings is 1. The quantitative estimate of drug-likeness (QED) is 0.665. The largest absolute Gasteiger partial charge is 0.493 e. The third-order valence-electron chi connectivity index (χ3n) is 5.84. The highest BCUT2D eigenvalue weighted by atomic mass is 16.5. The van der Waals surface area contributed by atoms with Gasteiger partial charge in [-0.3, -0.25) is 4.98 Å². The molecule has 1 aliphatic heterocycles. The molecule has 0 spiro atoms. The van der Waals surface area contributed by atoms with E-state index in [4.69, 9.17) is 19.6 Å². The zero-order valence-electron chi connectivity index (χ0n) is 17.5. The van der Waals surface area contributed by atoms with Crippen molar-refractivity contribution in [1.82, 2.24) is 24.5 Å². The topological polar surface area (TPSA) is 87.2 Å². The molecule has 1 unspecified atom stereocenters. The van der Waals surface area contributed by atoms with Crippen LogP contribution in [0.25, 0.3) is 28.2 Å². The van der Waals surface area contributed by atoms with E-state index in [0.29, 0.717) is 29.7 Å². The molecule has 0 aromatic carbocycles. The second kappa shape index (κ2) is 7.52. The molecule has 1 saturated heterocycles. The fourth-order valence-corrected chi connectivity index (χ4v) is 4.14. The molecule has 8 heteroatoms. The Labute approximate surface area is 175 Å². The molecule has 1 saturated carbocycles. The summed E-state index contributed by atoms with van der Waals surface area (Å²) in [5, 5.41) is 20.9. The predicted molar refractivity (Wildman–Crippen MR) is 113 cm³/mol. The van der Waals surface area contributed by atoms with E-state index in [0.717, 1.165) is 61.0 Å². The smallest absolute Gasteiger partial charge is 0.219 e. The van der Waals surface area contributed by atoms with Gasteiger partial charge >= 0.3 is 0 Å². The summed E-state index contributed by atoms with van der Waals surface area (Å²) in [6, 6.07) is 1.96. The molecular weight excluding hydrogens is 382 g/mol. The Morgan fingerprint density at radius 1 is 1.30 bits per heavy atom. The van der Waals surface area contributed by atoms with Crippen LogP contribution in [0.4, 0.5) is 0 Å². The summed E-state index contributed by atoms with van der Waals surface area (Å²) < 4.78 is 15.2. The first-order valence-corrected chi connectivity index (χ1v) is 10.6. The molecule has 4 heterocycles. The van der Waals surface area contributed by atoms with Gasteiger partial charge in [-0.15, -0.1) is 0 Å². The molecule has 0 amide bonds. The highest BCUT2D eigenvalue weighted by Crippen LogP contribution is 2.37. The maximum absolute atomic E-state index is 10.7. The maximum atomic E-state index is 10.7. The summed E-state index contributed by atoms with van der Waals surface area (Å²) >= 11 is 0. The van der Waals surface area contributed by atoms with E-state index in [1.807, 2.05) is 17.7 Å². The number of aryl methyl sites for hydroxylation is 2. The lowest BCUT2D eigenvalue weighted by atomic mass is 10.1. The van der Waals surface area contributed by atoms with Crippen LogP contribution in [0, 0.1) is 6.92 Å². The van der Waals surface area contributed by atoms with E-state index < -0.39 is 0 Å². The van der Waals surface area contributed by atoms with Gasteiger partial charge in [0, 0.05) is 19.0 Å². The minimum absolute atomic E-state index is 0.0822. The van der Waals surface area contributed by atoms with E-state index in [1.54, 1.807) is 13.1 Å². The molecular formula is C22H27N5O3. The lowest BCUT2D eigenvalue weighted by molar-refractivity contribution is -0.0368. The third kappa shape index (κ3) is 3.30. The van der Waals surface area contributed by atoms with Crippen molar-refractivity contribution in [2.24, 2.45) is 7.05 Å². The van der Waals surface area contributed by atoms with Crippen molar-refractivity contribution in [3.63, 3.8) is 0 Å². The molecule has 1 atom stereocenters. The van der Waals surface area contributed by atoms with E-state index in [9.17, 15) is 5.11 Å². The zero-order valence-corrected chi connectivity index (χ0v) is 17.5. The number of aromatic nitrogens is 5. The summed E-state index contributed by atoms with van der Waals surface area (Å²) in [6.45, 7) is 7.01. The Balaban J connectivity index is 1.62. The van der Waals surface area contributed by atoms with Crippen LogP contribution < -0.4 is 0 Å². The van der Waals surface area contributed by atoms with Crippen LogP contribution in [0.15, 0.2) is 12.6 Å². The zero-order chi connectivity index (χ0) is 20.8. The minimum Gasteiger partial charge on any atom is -0.493 e. The van der Waals surface area contributed by atoms with Gasteiger partial charge in [-0.05, 0) is 51.2 Å². The number of rotatable bonds is 6. The molecule has 158 valence electrons. The first-order valence-electron chi connectivity index (χ1n) is 10.6. The molecule has 1 aliphatic carbocycles. The molecule has 0 bridgehead atoms. The second-order valence-electron chi connectivity index (χ2n) is 8.12. The van der Waals surface area contributed by atoms with Gasteiger partial charge in [0.25, 0.3) is 0 Å². The van der Waals surface area contributed by atoms with E-state index in [1.165, 1.54) is 4.68 Å². The van der Waals surface area contributed by atoms with Gasteiger partial charge < -0.3 is 14.6 Å². The van der Waals surface area contributed by atoms with E-state index in [2.05, 4.69) is 11.7 Å². The fraction of sp³-hybridized carbons (Fsp3) is 0.500. The van der Waals surface area contributed by atoms with Gasteiger partial charge in [-0.2, -0.15) is 10.2 Å². The molecule has 3 aromatic rings. The first-order chi connectivity index (χ1) is 14.6. The summed E-state index contributed by atoms with van der Waals surface area (Å²) in [5.41, 5.74) is 4.52. The average molecular weight is 409 g/mol. The van der Waals surface area contributed by atoms with Crippen molar-refractivity contribution in [3.05, 3.63) is 29.7 Å². The number of hydrogen-bond donors (Lipinski definition) is 1. The molecule has 2 fully saturated rings. The molecule has 3 aromatic heterocycles. The Kier molecular flexibility index (Phi) is 4.83. The summed E-state index contributed by atoms with van der Waals surface area (Å²) in [6.07, 6.45) is 7.28. The summed E-state index contributed by atoms with van der Waals surface area (Å²) in [7, 11) is 1.72. The molecule has 5 rings (SSSR count). The minimum atomic E-state index is -0.0874. The van der Waals surface area contributed by atoms with Crippen LogP contribution in [0.5, 0.6) is 5.88 Å². The highest BCUT2D eigenvalue weighted by molar-refractivity contribution is 5.92. The van der Waals surface area contributed by atoms with Crippen LogP contribution in [-0.2, 0) is 23.1 Å². The number of nitrogens with zero attached hydrogens (tertiary/aromatic N) is 5. The number of ether oxygens (including phenoxy) is 2. The van der Waals surface area contributed by atoms with Crippen molar-refractivity contribution in [1.29, 1.82) is 0 Å². The Hall–Kier alpha value is -2.71. The van der Waals surface area contributed by atoms with Crippen LogP contribution in [0.3, 0.4) is 0 Å². The first kappa shape index (κ1) is 19.3. The molecule has 30 heavy (non-hydrogen) atoms. The fourth-order valence-electron chi connectivity index (χ4n) is 4.14. The van der Waals surface area contributed by atoms with Crippen molar-refractivity contribution >= 4 is 17.0 Å². The maximum Gasteiger partial charge on any atom is 0.219 e. The number of aromatic hydroxyl groups is 1.